The monoisotopic (exact) mass is 268 g/mol. The molecule has 2 rings (SSSR count). The minimum absolute atomic E-state index is 0.244. The van der Waals surface area contributed by atoms with E-state index < -0.39 is 0 Å². The third-order valence-corrected chi connectivity index (χ3v) is 4.70. The van der Waals surface area contributed by atoms with Gasteiger partial charge in [-0.15, -0.1) is 0 Å². The van der Waals surface area contributed by atoms with E-state index in [1.807, 2.05) is 0 Å². The van der Waals surface area contributed by atoms with Crippen molar-refractivity contribution in [1.82, 2.24) is 5.32 Å². The summed E-state index contributed by atoms with van der Waals surface area (Å²) in [6.07, 6.45) is 7.73. The van der Waals surface area contributed by atoms with Crippen LogP contribution in [0.4, 0.5) is 0 Å². The zero-order valence-electron chi connectivity index (χ0n) is 11.9. The Morgan fingerprint density at radius 1 is 1.05 bits per heavy atom. The van der Waals surface area contributed by atoms with Crippen LogP contribution in [0.2, 0.25) is 0 Å². The molecular weight excluding hydrogens is 240 g/mol. The smallest absolute Gasteiger partial charge is 0.223 e. The van der Waals surface area contributed by atoms with Gasteiger partial charge >= 0.3 is 0 Å². The highest BCUT2D eigenvalue weighted by Gasteiger charge is 2.26. The van der Waals surface area contributed by atoms with Crippen LogP contribution >= 0.6 is 0 Å². The van der Waals surface area contributed by atoms with Gasteiger partial charge in [-0.25, -0.2) is 0 Å². The van der Waals surface area contributed by atoms with Gasteiger partial charge < -0.3 is 15.8 Å². The lowest BCUT2D eigenvalue weighted by atomic mass is 9.80. The molecule has 0 atom stereocenters. The number of rotatable bonds is 5. The second-order valence-corrected chi connectivity index (χ2v) is 6.10. The van der Waals surface area contributed by atoms with E-state index in [1.165, 1.54) is 12.8 Å². The molecule has 110 valence electrons. The van der Waals surface area contributed by atoms with Gasteiger partial charge in [0.25, 0.3) is 0 Å². The molecule has 3 N–H and O–H groups in total. The molecule has 2 aliphatic rings. The van der Waals surface area contributed by atoms with E-state index in [2.05, 4.69) is 5.32 Å². The summed E-state index contributed by atoms with van der Waals surface area (Å²) >= 11 is 0. The quantitative estimate of drug-likeness (QED) is 0.797. The largest absolute Gasteiger partial charge is 0.381 e. The van der Waals surface area contributed by atoms with Crippen LogP contribution in [0.5, 0.6) is 0 Å². The Bertz CT molecular complexity index is 269. The summed E-state index contributed by atoms with van der Waals surface area (Å²) in [6.45, 7) is 3.33. The number of nitrogens with one attached hydrogen (secondary N) is 1. The van der Waals surface area contributed by atoms with Crippen molar-refractivity contribution in [2.24, 2.45) is 23.5 Å². The van der Waals surface area contributed by atoms with Crippen LogP contribution in [0.3, 0.4) is 0 Å². The predicted molar refractivity (Wildman–Crippen MR) is 75.7 cm³/mol. The minimum atomic E-state index is 0.244. The Balaban J connectivity index is 1.63. The van der Waals surface area contributed by atoms with Crippen molar-refractivity contribution >= 4 is 5.91 Å². The van der Waals surface area contributed by atoms with Crippen molar-refractivity contribution in [2.75, 3.05) is 26.3 Å². The van der Waals surface area contributed by atoms with Crippen LogP contribution in [-0.4, -0.2) is 32.2 Å². The van der Waals surface area contributed by atoms with Gasteiger partial charge in [-0.1, -0.05) is 0 Å². The molecule has 0 aromatic carbocycles. The number of carbonyl (C=O) groups excluding carboxylic acids is 1. The van der Waals surface area contributed by atoms with E-state index in [1.54, 1.807) is 0 Å². The first-order valence-electron chi connectivity index (χ1n) is 7.85. The van der Waals surface area contributed by atoms with E-state index in [-0.39, 0.29) is 11.8 Å². The maximum absolute atomic E-state index is 12.1. The Kier molecular flexibility index (Phi) is 6.11. The van der Waals surface area contributed by atoms with E-state index >= 15 is 0 Å². The number of hydrogen-bond donors (Lipinski definition) is 2. The summed E-state index contributed by atoms with van der Waals surface area (Å²) in [4.78, 5) is 12.1. The number of amides is 1. The van der Waals surface area contributed by atoms with Crippen LogP contribution in [0.1, 0.15) is 44.9 Å². The number of hydrogen-bond acceptors (Lipinski definition) is 3. The summed E-state index contributed by atoms with van der Waals surface area (Å²) < 4.78 is 5.33. The summed E-state index contributed by atoms with van der Waals surface area (Å²) in [5, 5.41) is 3.15. The topological polar surface area (TPSA) is 64.4 Å². The standard InChI is InChI=1S/C15H28N2O2/c16-8-5-12-1-3-14(4-2-12)15(18)17-11-13-6-9-19-10-7-13/h12-14H,1-11,16H2,(H,17,18). The van der Waals surface area contributed by atoms with Crippen molar-refractivity contribution < 1.29 is 9.53 Å². The molecule has 0 bridgehead atoms. The van der Waals surface area contributed by atoms with Gasteiger partial charge in [0.2, 0.25) is 5.91 Å². The SMILES string of the molecule is NCCC1CCC(C(=O)NCC2CCOCC2)CC1. The number of carbonyl (C=O) groups is 1. The van der Waals surface area contributed by atoms with Gasteiger partial charge in [0.15, 0.2) is 0 Å². The highest BCUT2D eigenvalue weighted by atomic mass is 16.5. The van der Waals surface area contributed by atoms with Gasteiger partial charge in [0, 0.05) is 25.7 Å². The molecule has 0 spiro atoms. The van der Waals surface area contributed by atoms with Crippen molar-refractivity contribution in [3.63, 3.8) is 0 Å². The molecule has 1 saturated carbocycles. The number of nitrogens with two attached hydrogens (primary N) is 1. The molecular formula is C15H28N2O2. The first-order chi connectivity index (χ1) is 9.29. The lowest BCUT2D eigenvalue weighted by Gasteiger charge is -2.28. The molecule has 0 aromatic rings. The van der Waals surface area contributed by atoms with Crippen molar-refractivity contribution in [2.45, 2.75) is 44.9 Å². The molecule has 0 radical (unpaired) electrons. The third kappa shape index (κ3) is 4.77. The molecule has 4 nitrogen and oxygen atoms in total. The Hall–Kier alpha value is -0.610. The zero-order chi connectivity index (χ0) is 13.5. The normalized spacial score (nSPS) is 29.1. The molecule has 19 heavy (non-hydrogen) atoms. The first kappa shape index (κ1) is 14.8. The summed E-state index contributed by atoms with van der Waals surface area (Å²) in [5.74, 6) is 1.89. The fourth-order valence-electron chi connectivity index (χ4n) is 3.29. The average Bonchev–Trinajstić information content (AvgIpc) is 2.47. The van der Waals surface area contributed by atoms with Gasteiger partial charge in [-0.2, -0.15) is 0 Å². The zero-order valence-corrected chi connectivity index (χ0v) is 11.9. The van der Waals surface area contributed by atoms with Crippen molar-refractivity contribution in [3.05, 3.63) is 0 Å². The van der Waals surface area contributed by atoms with Gasteiger partial charge in [0.1, 0.15) is 0 Å². The van der Waals surface area contributed by atoms with Gasteiger partial charge in [-0.05, 0) is 63.3 Å². The minimum Gasteiger partial charge on any atom is -0.381 e. The maximum Gasteiger partial charge on any atom is 0.223 e. The number of ether oxygens (including phenoxy) is 1. The second kappa shape index (κ2) is 7.85. The average molecular weight is 268 g/mol. The summed E-state index contributed by atoms with van der Waals surface area (Å²) in [5.41, 5.74) is 5.59. The van der Waals surface area contributed by atoms with Crippen LogP contribution in [0.15, 0.2) is 0 Å². The molecule has 1 aliphatic carbocycles. The van der Waals surface area contributed by atoms with Gasteiger partial charge in [-0.3, -0.25) is 4.79 Å². The predicted octanol–water partition coefficient (Wildman–Crippen LogP) is 1.68. The molecule has 1 saturated heterocycles. The summed E-state index contributed by atoms with van der Waals surface area (Å²) in [6, 6.07) is 0. The van der Waals surface area contributed by atoms with Crippen LogP contribution in [0, 0.1) is 17.8 Å². The second-order valence-electron chi connectivity index (χ2n) is 6.10. The van der Waals surface area contributed by atoms with E-state index in [0.29, 0.717) is 5.92 Å². The van der Waals surface area contributed by atoms with E-state index in [4.69, 9.17) is 10.5 Å². The van der Waals surface area contributed by atoms with Crippen molar-refractivity contribution in [3.8, 4) is 0 Å². The van der Waals surface area contributed by atoms with E-state index in [0.717, 1.165) is 64.3 Å². The third-order valence-electron chi connectivity index (χ3n) is 4.70. The first-order valence-corrected chi connectivity index (χ1v) is 7.85. The van der Waals surface area contributed by atoms with Crippen LogP contribution < -0.4 is 11.1 Å². The molecule has 1 aliphatic heterocycles. The Morgan fingerprint density at radius 3 is 2.37 bits per heavy atom. The van der Waals surface area contributed by atoms with Crippen LogP contribution in [0.25, 0.3) is 0 Å². The fourth-order valence-corrected chi connectivity index (χ4v) is 3.29. The molecule has 0 unspecified atom stereocenters. The lowest BCUT2D eigenvalue weighted by Crippen LogP contribution is -2.37. The Morgan fingerprint density at radius 2 is 1.74 bits per heavy atom. The lowest BCUT2D eigenvalue weighted by molar-refractivity contribution is -0.126. The maximum atomic E-state index is 12.1. The summed E-state index contributed by atoms with van der Waals surface area (Å²) in [7, 11) is 0. The van der Waals surface area contributed by atoms with Crippen molar-refractivity contribution in [1.29, 1.82) is 0 Å². The van der Waals surface area contributed by atoms with Gasteiger partial charge in [0.05, 0.1) is 0 Å². The molecule has 4 heteroatoms. The van der Waals surface area contributed by atoms with Crippen LogP contribution in [-0.2, 0) is 9.53 Å². The van der Waals surface area contributed by atoms with E-state index in [9.17, 15) is 4.79 Å². The highest BCUT2D eigenvalue weighted by Crippen LogP contribution is 2.30. The Labute approximate surface area is 116 Å². The fraction of sp³-hybridized carbons (Fsp3) is 0.933. The molecule has 0 aromatic heterocycles. The molecule has 2 fully saturated rings. The molecule has 1 heterocycles. The highest BCUT2D eigenvalue weighted by molar-refractivity contribution is 5.78. The molecule has 1 amide bonds.